The van der Waals surface area contributed by atoms with Crippen LogP contribution < -0.4 is 10.6 Å². The second-order valence-corrected chi connectivity index (χ2v) is 9.82. The molecule has 0 unspecified atom stereocenters. The fourth-order valence-corrected chi connectivity index (χ4v) is 4.55. The van der Waals surface area contributed by atoms with Crippen LogP contribution in [0.3, 0.4) is 0 Å². The van der Waals surface area contributed by atoms with Crippen LogP contribution in [0.2, 0.25) is 0 Å². The van der Waals surface area contributed by atoms with Crippen molar-refractivity contribution >= 4 is 32.5 Å². The zero-order chi connectivity index (χ0) is 22.3. The van der Waals surface area contributed by atoms with E-state index < -0.39 is 9.84 Å². The van der Waals surface area contributed by atoms with Gasteiger partial charge in [-0.3, -0.25) is 9.55 Å². The Hall–Kier alpha value is -3.43. The van der Waals surface area contributed by atoms with Gasteiger partial charge in [-0.15, -0.1) is 0 Å². The quantitative estimate of drug-likeness (QED) is 0.511. The number of imidazole rings is 1. The molecule has 0 bridgehead atoms. The van der Waals surface area contributed by atoms with Crippen molar-refractivity contribution in [1.82, 2.24) is 14.5 Å². The van der Waals surface area contributed by atoms with E-state index in [-0.39, 0.29) is 4.90 Å². The van der Waals surface area contributed by atoms with Gasteiger partial charge in [0.25, 0.3) is 0 Å². The van der Waals surface area contributed by atoms with Gasteiger partial charge in [-0.05, 0) is 48.0 Å². The average Bonchev–Trinajstić information content (AvgIpc) is 3.14. The molecule has 3 heterocycles. The molecule has 0 spiro atoms. The van der Waals surface area contributed by atoms with Crippen LogP contribution in [0.25, 0.3) is 27.8 Å². The number of sulfone groups is 1. The number of rotatable bonds is 4. The molecule has 2 aromatic heterocycles. The zero-order valence-electron chi connectivity index (χ0n) is 17.6. The summed E-state index contributed by atoms with van der Waals surface area (Å²) in [6, 6.07) is 15.6. The standard InChI is InChI=1S/C23H23N5O3S/c1-32(29,30)20-12-17(14-25-15-20)16-2-7-21-22(13-16)28(23(24)26-21)19-5-3-18(4-6-19)27-8-10-31-11-9-27/h2-7,12-15H,8-11H2,1H3,(H2,24,26). The lowest BCUT2D eigenvalue weighted by molar-refractivity contribution is 0.122. The number of benzene rings is 2. The molecule has 32 heavy (non-hydrogen) atoms. The summed E-state index contributed by atoms with van der Waals surface area (Å²) in [6.07, 6.45) is 4.18. The normalized spacial score (nSPS) is 14.7. The fourth-order valence-electron chi connectivity index (χ4n) is 3.96. The molecule has 1 aliphatic rings. The van der Waals surface area contributed by atoms with Crippen LogP contribution in [0.5, 0.6) is 0 Å². The summed E-state index contributed by atoms with van der Waals surface area (Å²) < 4.78 is 31.2. The maximum Gasteiger partial charge on any atom is 0.205 e. The van der Waals surface area contributed by atoms with E-state index in [0.29, 0.717) is 11.5 Å². The molecule has 1 aliphatic heterocycles. The van der Waals surface area contributed by atoms with E-state index in [9.17, 15) is 8.42 Å². The van der Waals surface area contributed by atoms with Crippen molar-refractivity contribution in [2.45, 2.75) is 4.90 Å². The highest BCUT2D eigenvalue weighted by Gasteiger charge is 2.15. The van der Waals surface area contributed by atoms with E-state index in [4.69, 9.17) is 10.5 Å². The molecule has 5 rings (SSSR count). The van der Waals surface area contributed by atoms with Crippen molar-refractivity contribution in [2.24, 2.45) is 0 Å². The summed E-state index contributed by atoms with van der Waals surface area (Å²) in [5, 5.41) is 0. The van der Waals surface area contributed by atoms with Crippen LogP contribution in [0.1, 0.15) is 0 Å². The minimum Gasteiger partial charge on any atom is -0.378 e. The molecule has 9 heteroatoms. The molecule has 0 aliphatic carbocycles. The topological polar surface area (TPSA) is 103 Å². The van der Waals surface area contributed by atoms with Crippen LogP contribution in [0.15, 0.2) is 65.8 Å². The molecule has 0 atom stereocenters. The molecule has 4 aromatic rings. The number of nitrogens with zero attached hydrogens (tertiary/aromatic N) is 4. The van der Waals surface area contributed by atoms with Gasteiger partial charge in [0, 0.05) is 48.7 Å². The van der Waals surface area contributed by atoms with E-state index in [2.05, 4.69) is 27.0 Å². The Bertz CT molecular complexity index is 1390. The Morgan fingerprint density at radius 3 is 2.38 bits per heavy atom. The summed E-state index contributed by atoms with van der Waals surface area (Å²) in [7, 11) is -3.35. The molecule has 1 fully saturated rings. The van der Waals surface area contributed by atoms with Crippen molar-refractivity contribution in [2.75, 3.05) is 43.2 Å². The maximum atomic E-state index is 11.9. The number of ether oxygens (including phenoxy) is 1. The minimum absolute atomic E-state index is 0.182. The lowest BCUT2D eigenvalue weighted by atomic mass is 10.1. The van der Waals surface area contributed by atoms with Gasteiger partial charge in [-0.2, -0.15) is 0 Å². The molecular formula is C23H23N5O3S. The molecule has 8 nitrogen and oxygen atoms in total. The van der Waals surface area contributed by atoms with Gasteiger partial charge in [0.2, 0.25) is 5.95 Å². The summed E-state index contributed by atoms with van der Waals surface area (Å²) in [6.45, 7) is 3.22. The van der Waals surface area contributed by atoms with Crippen LogP contribution in [0.4, 0.5) is 11.6 Å². The van der Waals surface area contributed by atoms with Crippen molar-refractivity contribution in [3.8, 4) is 16.8 Å². The third-order valence-electron chi connectivity index (χ3n) is 5.64. The smallest absolute Gasteiger partial charge is 0.205 e. The first-order valence-electron chi connectivity index (χ1n) is 10.3. The van der Waals surface area contributed by atoms with Crippen LogP contribution in [-0.2, 0) is 14.6 Å². The van der Waals surface area contributed by atoms with Crippen LogP contribution >= 0.6 is 0 Å². The number of aromatic nitrogens is 3. The molecular weight excluding hydrogens is 426 g/mol. The van der Waals surface area contributed by atoms with Gasteiger partial charge in [0.05, 0.1) is 29.1 Å². The summed E-state index contributed by atoms with van der Waals surface area (Å²) in [5.74, 6) is 0.388. The Labute approximate surface area is 186 Å². The van der Waals surface area contributed by atoms with Crippen molar-refractivity contribution in [1.29, 1.82) is 0 Å². The predicted octanol–water partition coefficient (Wildman–Crippen LogP) is 2.91. The first-order valence-corrected chi connectivity index (χ1v) is 12.2. The Kier molecular flexibility index (Phi) is 5.07. The van der Waals surface area contributed by atoms with Gasteiger partial charge < -0.3 is 15.4 Å². The third kappa shape index (κ3) is 3.80. The largest absolute Gasteiger partial charge is 0.378 e. The Morgan fingerprint density at radius 2 is 1.66 bits per heavy atom. The Morgan fingerprint density at radius 1 is 0.938 bits per heavy atom. The first kappa shape index (κ1) is 20.5. The van der Waals surface area contributed by atoms with Crippen LogP contribution in [0, 0.1) is 0 Å². The van der Waals surface area contributed by atoms with Gasteiger partial charge in [-0.25, -0.2) is 13.4 Å². The highest BCUT2D eigenvalue weighted by Crippen LogP contribution is 2.30. The SMILES string of the molecule is CS(=O)(=O)c1cncc(-c2ccc3nc(N)n(-c4ccc(N5CCOCC5)cc4)c3c2)c1. The highest BCUT2D eigenvalue weighted by molar-refractivity contribution is 7.90. The van der Waals surface area contributed by atoms with Crippen molar-refractivity contribution in [3.05, 3.63) is 60.9 Å². The number of fused-ring (bicyclic) bond motifs is 1. The second kappa shape index (κ2) is 7.92. The molecule has 1 saturated heterocycles. The number of anilines is 2. The number of nitrogen functional groups attached to an aromatic ring is 1. The predicted molar refractivity (Wildman–Crippen MR) is 125 cm³/mol. The van der Waals surface area contributed by atoms with Gasteiger partial charge in [-0.1, -0.05) is 6.07 Å². The minimum atomic E-state index is -3.35. The molecule has 0 saturated carbocycles. The van der Waals surface area contributed by atoms with Gasteiger partial charge >= 0.3 is 0 Å². The van der Waals surface area contributed by atoms with E-state index >= 15 is 0 Å². The van der Waals surface area contributed by atoms with E-state index in [1.807, 2.05) is 34.9 Å². The summed E-state index contributed by atoms with van der Waals surface area (Å²) >= 11 is 0. The van der Waals surface area contributed by atoms with Crippen molar-refractivity contribution < 1.29 is 13.2 Å². The monoisotopic (exact) mass is 449 g/mol. The number of hydrogen-bond donors (Lipinski definition) is 1. The van der Waals surface area contributed by atoms with E-state index in [0.717, 1.165) is 54.3 Å². The molecule has 0 radical (unpaired) electrons. The Balaban J connectivity index is 1.55. The molecule has 0 amide bonds. The number of nitrogens with two attached hydrogens (primary N) is 1. The fraction of sp³-hybridized carbons (Fsp3) is 0.217. The van der Waals surface area contributed by atoms with E-state index in [1.165, 1.54) is 12.5 Å². The number of hydrogen-bond acceptors (Lipinski definition) is 7. The lowest BCUT2D eigenvalue weighted by Crippen LogP contribution is -2.36. The van der Waals surface area contributed by atoms with Crippen molar-refractivity contribution in [3.63, 3.8) is 0 Å². The second-order valence-electron chi connectivity index (χ2n) is 7.81. The molecule has 2 aromatic carbocycles. The summed E-state index contributed by atoms with van der Waals surface area (Å²) in [4.78, 5) is 11.1. The van der Waals surface area contributed by atoms with E-state index in [1.54, 1.807) is 12.3 Å². The van der Waals surface area contributed by atoms with Crippen LogP contribution in [-0.4, -0.2) is 55.5 Å². The first-order chi connectivity index (χ1) is 15.4. The maximum absolute atomic E-state index is 11.9. The average molecular weight is 450 g/mol. The third-order valence-corrected chi connectivity index (χ3v) is 6.72. The number of morpholine rings is 1. The summed E-state index contributed by atoms with van der Waals surface area (Å²) in [5.41, 5.74) is 11.5. The molecule has 2 N–H and O–H groups in total. The van der Waals surface area contributed by atoms with Gasteiger partial charge in [0.1, 0.15) is 0 Å². The number of pyridine rings is 1. The highest BCUT2D eigenvalue weighted by atomic mass is 32.2. The zero-order valence-corrected chi connectivity index (χ0v) is 18.4. The van der Waals surface area contributed by atoms with Gasteiger partial charge in [0.15, 0.2) is 9.84 Å². The lowest BCUT2D eigenvalue weighted by Gasteiger charge is -2.29. The molecule has 164 valence electrons.